The van der Waals surface area contributed by atoms with Gasteiger partial charge in [-0.1, -0.05) is 35.0 Å². The van der Waals surface area contributed by atoms with Crippen LogP contribution in [0.25, 0.3) is 11.4 Å². The van der Waals surface area contributed by atoms with Crippen LogP contribution in [0.5, 0.6) is 0 Å². The predicted octanol–water partition coefficient (Wildman–Crippen LogP) is 3.09. The highest BCUT2D eigenvalue weighted by atomic mass is 35.5. The summed E-state index contributed by atoms with van der Waals surface area (Å²) in [5.41, 5.74) is 0.676. The summed E-state index contributed by atoms with van der Waals surface area (Å²) in [4.78, 5) is 14.1. The molecule has 27 heavy (non-hydrogen) atoms. The molecule has 0 radical (unpaired) electrons. The fraction of sp³-hybridized carbons (Fsp3) is 0.125. The number of non-ortho nitro benzene ring substituents is 1. The summed E-state index contributed by atoms with van der Waals surface area (Å²) in [7, 11) is -4.01. The normalized spacial score (nSPS) is 11.5. The molecule has 3 aromatic rings. The molecule has 3 rings (SSSR count). The Balaban J connectivity index is 1.79. The third-order valence-electron chi connectivity index (χ3n) is 3.64. The van der Waals surface area contributed by atoms with E-state index >= 15 is 0 Å². The monoisotopic (exact) mass is 408 g/mol. The quantitative estimate of drug-likeness (QED) is 0.490. The number of nitro benzene ring substituents is 1. The lowest BCUT2D eigenvalue weighted by Gasteiger charge is -2.07. The van der Waals surface area contributed by atoms with Gasteiger partial charge in [0.15, 0.2) is 0 Å². The Morgan fingerprint density at radius 2 is 2.04 bits per heavy atom. The molecule has 0 saturated heterocycles. The van der Waals surface area contributed by atoms with E-state index in [9.17, 15) is 18.5 Å². The summed E-state index contributed by atoms with van der Waals surface area (Å²) >= 11 is 5.91. The van der Waals surface area contributed by atoms with Crippen LogP contribution >= 0.6 is 11.6 Å². The van der Waals surface area contributed by atoms with Crippen LogP contribution in [-0.4, -0.2) is 23.5 Å². The molecule has 2 aromatic carbocycles. The van der Waals surface area contributed by atoms with Crippen LogP contribution in [0.3, 0.4) is 0 Å². The average Bonchev–Trinajstić information content (AvgIpc) is 3.09. The van der Waals surface area contributed by atoms with Crippen LogP contribution in [-0.2, 0) is 16.6 Å². The van der Waals surface area contributed by atoms with Crippen LogP contribution in [0.4, 0.5) is 5.69 Å². The Morgan fingerprint density at radius 3 is 2.74 bits per heavy atom. The molecule has 0 aliphatic rings. The second kappa shape index (κ2) is 7.43. The number of benzene rings is 2. The molecule has 0 spiro atoms. The lowest BCUT2D eigenvalue weighted by Crippen LogP contribution is -2.24. The van der Waals surface area contributed by atoms with E-state index in [4.69, 9.17) is 16.1 Å². The van der Waals surface area contributed by atoms with Gasteiger partial charge in [-0.3, -0.25) is 10.1 Å². The summed E-state index contributed by atoms with van der Waals surface area (Å²) in [5.74, 6) is 0.301. The third-order valence-corrected chi connectivity index (χ3v) is 5.41. The van der Waals surface area contributed by atoms with Crippen molar-refractivity contribution in [3.8, 4) is 11.4 Å². The molecule has 0 fully saturated rings. The van der Waals surface area contributed by atoms with E-state index in [1.807, 2.05) is 0 Å². The number of sulfonamides is 1. The molecular weight excluding hydrogens is 396 g/mol. The topological polar surface area (TPSA) is 128 Å². The molecule has 0 saturated carbocycles. The van der Waals surface area contributed by atoms with Gasteiger partial charge in [0.2, 0.25) is 21.7 Å². The van der Waals surface area contributed by atoms with Gasteiger partial charge in [0.25, 0.3) is 5.69 Å². The number of aryl methyl sites for hydroxylation is 1. The first-order chi connectivity index (χ1) is 12.8. The van der Waals surface area contributed by atoms with Crippen molar-refractivity contribution >= 4 is 27.3 Å². The highest BCUT2D eigenvalue weighted by Crippen LogP contribution is 2.22. The molecule has 0 aliphatic heterocycles. The van der Waals surface area contributed by atoms with Gasteiger partial charge in [-0.25, -0.2) is 13.1 Å². The summed E-state index contributed by atoms with van der Waals surface area (Å²) < 4.78 is 32.3. The Morgan fingerprint density at radius 1 is 1.26 bits per heavy atom. The fourth-order valence-corrected chi connectivity index (χ4v) is 3.72. The second-order valence-electron chi connectivity index (χ2n) is 5.55. The molecular formula is C16H13ClN4O5S. The molecule has 9 nitrogen and oxygen atoms in total. The maximum Gasteiger partial charge on any atom is 0.270 e. The number of nitrogens with one attached hydrogen (secondary N) is 1. The summed E-state index contributed by atoms with van der Waals surface area (Å²) in [5, 5.41) is 15.2. The zero-order valence-corrected chi connectivity index (χ0v) is 15.5. The Hall–Kier alpha value is -2.82. The Bertz CT molecular complexity index is 1110. The molecule has 1 N–H and O–H groups in total. The van der Waals surface area contributed by atoms with Gasteiger partial charge >= 0.3 is 0 Å². The SMILES string of the molecule is Cc1ccc([N+](=O)[O-])cc1S(=O)(=O)NCc1nc(-c2cccc(Cl)c2)no1. The van der Waals surface area contributed by atoms with Crippen LogP contribution in [0, 0.1) is 17.0 Å². The second-order valence-corrected chi connectivity index (χ2v) is 7.73. The van der Waals surface area contributed by atoms with E-state index in [0.717, 1.165) is 6.07 Å². The third kappa shape index (κ3) is 4.30. The van der Waals surface area contributed by atoms with Crippen molar-refractivity contribution in [1.82, 2.24) is 14.9 Å². The highest BCUT2D eigenvalue weighted by Gasteiger charge is 2.21. The van der Waals surface area contributed by atoms with E-state index in [0.29, 0.717) is 16.1 Å². The summed E-state index contributed by atoms with van der Waals surface area (Å²) in [6.07, 6.45) is 0. The van der Waals surface area contributed by atoms with Crippen LogP contribution in [0.1, 0.15) is 11.5 Å². The van der Waals surface area contributed by atoms with Gasteiger partial charge in [-0.05, 0) is 24.6 Å². The van der Waals surface area contributed by atoms with Crippen molar-refractivity contribution in [3.05, 3.63) is 69.1 Å². The maximum absolute atomic E-state index is 12.5. The Kier molecular flexibility index (Phi) is 5.22. The minimum atomic E-state index is -4.01. The van der Waals surface area contributed by atoms with Crippen molar-refractivity contribution in [2.24, 2.45) is 0 Å². The highest BCUT2D eigenvalue weighted by molar-refractivity contribution is 7.89. The minimum absolute atomic E-state index is 0.0386. The zero-order chi connectivity index (χ0) is 19.6. The standard InChI is InChI=1S/C16H13ClN4O5S/c1-10-5-6-13(21(22)23)8-14(10)27(24,25)18-9-15-19-16(20-26-15)11-3-2-4-12(17)7-11/h2-8,18H,9H2,1H3. The van der Waals surface area contributed by atoms with E-state index in [2.05, 4.69) is 14.9 Å². The van der Waals surface area contributed by atoms with E-state index in [1.54, 1.807) is 31.2 Å². The molecule has 140 valence electrons. The van der Waals surface area contributed by atoms with Crippen molar-refractivity contribution in [1.29, 1.82) is 0 Å². The molecule has 1 heterocycles. The number of rotatable bonds is 6. The van der Waals surface area contributed by atoms with Crippen molar-refractivity contribution in [2.75, 3.05) is 0 Å². The zero-order valence-electron chi connectivity index (χ0n) is 13.9. The smallest absolute Gasteiger partial charge is 0.270 e. The van der Waals surface area contributed by atoms with Crippen LogP contribution in [0.2, 0.25) is 5.02 Å². The molecule has 0 unspecified atom stereocenters. The molecule has 0 aliphatic carbocycles. The number of halogens is 1. The fourth-order valence-electron chi connectivity index (χ4n) is 2.30. The largest absolute Gasteiger partial charge is 0.338 e. The number of hydrogen-bond donors (Lipinski definition) is 1. The van der Waals surface area contributed by atoms with E-state index in [-0.39, 0.29) is 28.8 Å². The maximum atomic E-state index is 12.5. The van der Waals surface area contributed by atoms with Gasteiger partial charge in [-0.2, -0.15) is 4.98 Å². The van der Waals surface area contributed by atoms with Crippen molar-refractivity contribution in [2.45, 2.75) is 18.4 Å². The average molecular weight is 409 g/mol. The first kappa shape index (κ1) is 19.0. The first-order valence-corrected chi connectivity index (χ1v) is 9.45. The Labute approximate surface area is 159 Å². The van der Waals surface area contributed by atoms with Crippen molar-refractivity contribution < 1.29 is 17.9 Å². The van der Waals surface area contributed by atoms with Crippen molar-refractivity contribution in [3.63, 3.8) is 0 Å². The number of hydrogen-bond acceptors (Lipinski definition) is 7. The first-order valence-electron chi connectivity index (χ1n) is 7.59. The lowest BCUT2D eigenvalue weighted by atomic mass is 10.2. The van der Waals surface area contributed by atoms with Gasteiger partial charge in [0.05, 0.1) is 16.4 Å². The number of nitrogens with zero attached hydrogens (tertiary/aromatic N) is 3. The van der Waals surface area contributed by atoms with Gasteiger partial charge in [0.1, 0.15) is 0 Å². The van der Waals surface area contributed by atoms with Gasteiger partial charge in [0, 0.05) is 22.7 Å². The van der Waals surface area contributed by atoms with Gasteiger partial charge in [-0.15, -0.1) is 0 Å². The molecule has 0 amide bonds. The van der Waals surface area contributed by atoms with E-state index in [1.165, 1.54) is 12.1 Å². The molecule has 1 aromatic heterocycles. The van der Waals surface area contributed by atoms with E-state index < -0.39 is 14.9 Å². The molecule has 0 bridgehead atoms. The minimum Gasteiger partial charge on any atom is -0.338 e. The number of nitro groups is 1. The summed E-state index contributed by atoms with van der Waals surface area (Å²) in [6.45, 7) is 1.28. The van der Waals surface area contributed by atoms with Crippen LogP contribution < -0.4 is 4.72 Å². The number of aromatic nitrogens is 2. The van der Waals surface area contributed by atoms with Crippen LogP contribution in [0.15, 0.2) is 51.9 Å². The molecule has 11 heteroatoms. The lowest BCUT2D eigenvalue weighted by molar-refractivity contribution is -0.385. The van der Waals surface area contributed by atoms with Gasteiger partial charge < -0.3 is 4.52 Å². The molecule has 0 atom stereocenters. The predicted molar refractivity (Wildman–Crippen MR) is 96.6 cm³/mol. The summed E-state index contributed by atoms with van der Waals surface area (Å²) in [6, 6.07) is 10.4.